The van der Waals surface area contributed by atoms with Crippen molar-refractivity contribution in [3.63, 3.8) is 0 Å². The lowest BCUT2D eigenvalue weighted by atomic mass is 10.2. The predicted molar refractivity (Wildman–Crippen MR) is 95.5 cm³/mol. The summed E-state index contributed by atoms with van der Waals surface area (Å²) in [5, 5.41) is 13.1. The molecule has 0 fully saturated rings. The van der Waals surface area contributed by atoms with Gasteiger partial charge in [0.05, 0.1) is 10.2 Å². The molecule has 3 rings (SSSR count). The summed E-state index contributed by atoms with van der Waals surface area (Å²) in [7, 11) is 0. The number of thiazole rings is 1. The number of rotatable bonds is 6. The third-order valence-electron chi connectivity index (χ3n) is 3.59. The number of carbonyl (C=O) groups is 1. The van der Waals surface area contributed by atoms with E-state index < -0.39 is 0 Å². The lowest BCUT2D eigenvalue weighted by Gasteiger charge is -2.03. The Labute approximate surface area is 143 Å². The Morgan fingerprint density at radius 3 is 2.96 bits per heavy atom. The number of hydrogen-bond donors (Lipinski definition) is 3. The first kappa shape index (κ1) is 16.4. The smallest absolute Gasteiger partial charge is 0.321 e. The monoisotopic (exact) mass is 344 g/mol. The molecule has 0 spiro atoms. The largest absolute Gasteiger partial charge is 0.338 e. The minimum atomic E-state index is -0.240. The van der Waals surface area contributed by atoms with Crippen LogP contribution in [0.5, 0.6) is 0 Å². The molecular formula is C16H20N6OS. The van der Waals surface area contributed by atoms with Gasteiger partial charge in [0.25, 0.3) is 0 Å². The SMILES string of the molecule is CCc1ccc2nc(NC(=O)NCCCc3n[nH]c(C)n3)sc2c1. The fourth-order valence-electron chi connectivity index (χ4n) is 2.33. The zero-order valence-electron chi connectivity index (χ0n) is 13.7. The molecule has 0 aliphatic carbocycles. The normalized spacial score (nSPS) is 10.9. The molecule has 126 valence electrons. The predicted octanol–water partition coefficient (Wildman–Crippen LogP) is 3.04. The lowest BCUT2D eigenvalue weighted by molar-refractivity contribution is 0.252. The molecule has 3 aromatic rings. The van der Waals surface area contributed by atoms with Crippen LogP contribution in [0.2, 0.25) is 0 Å². The van der Waals surface area contributed by atoms with Crippen LogP contribution >= 0.6 is 11.3 Å². The molecular weight excluding hydrogens is 324 g/mol. The molecule has 0 saturated carbocycles. The Hall–Kier alpha value is -2.48. The van der Waals surface area contributed by atoms with Gasteiger partial charge in [0, 0.05) is 13.0 Å². The van der Waals surface area contributed by atoms with Crippen molar-refractivity contribution in [3.05, 3.63) is 35.4 Å². The van der Waals surface area contributed by atoms with Crippen LogP contribution in [0, 0.1) is 6.92 Å². The fourth-order valence-corrected chi connectivity index (χ4v) is 3.26. The molecule has 0 aliphatic rings. The molecule has 2 amide bonds. The van der Waals surface area contributed by atoms with Crippen LogP contribution in [-0.2, 0) is 12.8 Å². The van der Waals surface area contributed by atoms with E-state index >= 15 is 0 Å². The van der Waals surface area contributed by atoms with E-state index in [1.165, 1.54) is 16.9 Å². The highest BCUT2D eigenvalue weighted by molar-refractivity contribution is 7.22. The summed E-state index contributed by atoms with van der Waals surface area (Å²) in [5.74, 6) is 1.57. The van der Waals surface area contributed by atoms with E-state index in [2.05, 4.69) is 49.9 Å². The number of aromatic amines is 1. The Morgan fingerprint density at radius 2 is 2.21 bits per heavy atom. The van der Waals surface area contributed by atoms with Crippen LogP contribution in [0.4, 0.5) is 9.93 Å². The highest BCUT2D eigenvalue weighted by Gasteiger charge is 2.08. The van der Waals surface area contributed by atoms with E-state index in [-0.39, 0.29) is 6.03 Å². The van der Waals surface area contributed by atoms with Gasteiger partial charge in [-0.2, -0.15) is 5.10 Å². The van der Waals surface area contributed by atoms with Gasteiger partial charge in [-0.1, -0.05) is 24.3 Å². The van der Waals surface area contributed by atoms with Gasteiger partial charge in [-0.15, -0.1) is 0 Å². The van der Waals surface area contributed by atoms with Crippen LogP contribution in [0.3, 0.4) is 0 Å². The number of aromatic nitrogens is 4. The second-order valence-corrected chi connectivity index (χ2v) is 6.53. The Morgan fingerprint density at radius 1 is 1.33 bits per heavy atom. The van der Waals surface area contributed by atoms with Gasteiger partial charge in [-0.05, 0) is 37.5 Å². The van der Waals surface area contributed by atoms with Crippen LogP contribution < -0.4 is 10.6 Å². The van der Waals surface area contributed by atoms with Crippen molar-refractivity contribution in [2.75, 3.05) is 11.9 Å². The van der Waals surface area contributed by atoms with Gasteiger partial charge < -0.3 is 5.32 Å². The first-order chi connectivity index (χ1) is 11.6. The van der Waals surface area contributed by atoms with Crippen molar-refractivity contribution in [2.24, 2.45) is 0 Å². The van der Waals surface area contributed by atoms with Crippen LogP contribution in [0.1, 0.15) is 30.6 Å². The number of anilines is 1. The first-order valence-corrected chi connectivity index (χ1v) is 8.78. The average molecular weight is 344 g/mol. The maximum Gasteiger partial charge on any atom is 0.321 e. The molecule has 2 aromatic heterocycles. The third kappa shape index (κ3) is 4.08. The van der Waals surface area contributed by atoms with E-state index in [4.69, 9.17) is 0 Å². The number of H-pyrrole nitrogens is 1. The van der Waals surface area contributed by atoms with Gasteiger partial charge in [0.15, 0.2) is 11.0 Å². The molecule has 3 N–H and O–H groups in total. The van der Waals surface area contributed by atoms with Crippen molar-refractivity contribution in [1.29, 1.82) is 0 Å². The Bertz CT molecular complexity index is 840. The highest BCUT2D eigenvalue weighted by Crippen LogP contribution is 2.26. The first-order valence-electron chi connectivity index (χ1n) is 7.96. The lowest BCUT2D eigenvalue weighted by Crippen LogP contribution is -2.29. The molecule has 7 nitrogen and oxygen atoms in total. The summed E-state index contributed by atoms with van der Waals surface area (Å²) in [6, 6.07) is 5.94. The summed E-state index contributed by atoms with van der Waals surface area (Å²) in [6.45, 7) is 4.54. The molecule has 2 heterocycles. The number of urea groups is 1. The van der Waals surface area contributed by atoms with Crippen LogP contribution in [0.15, 0.2) is 18.2 Å². The van der Waals surface area contributed by atoms with E-state index in [9.17, 15) is 4.79 Å². The number of nitrogens with one attached hydrogen (secondary N) is 3. The summed E-state index contributed by atoms with van der Waals surface area (Å²) in [4.78, 5) is 20.6. The quantitative estimate of drug-likeness (QED) is 0.599. The van der Waals surface area contributed by atoms with Gasteiger partial charge in [0.2, 0.25) is 0 Å². The van der Waals surface area contributed by atoms with E-state index in [1.54, 1.807) is 0 Å². The number of fused-ring (bicyclic) bond motifs is 1. The molecule has 24 heavy (non-hydrogen) atoms. The number of amides is 2. The fraction of sp³-hybridized carbons (Fsp3) is 0.375. The molecule has 1 aromatic carbocycles. The van der Waals surface area contributed by atoms with Crippen molar-refractivity contribution >= 4 is 32.7 Å². The molecule has 0 saturated heterocycles. The number of nitrogens with zero attached hydrogens (tertiary/aromatic N) is 3. The summed E-state index contributed by atoms with van der Waals surface area (Å²) < 4.78 is 1.09. The van der Waals surface area contributed by atoms with Crippen molar-refractivity contribution in [1.82, 2.24) is 25.5 Å². The molecule has 0 bridgehead atoms. The van der Waals surface area contributed by atoms with E-state index in [1.807, 2.05) is 13.0 Å². The van der Waals surface area contributed by atoms with Gasteiger partial charge in [-0.3, -0.25) is 10.4 Å². The zero-order chi connectivity index (χ0) is 16.9. The van der Waals surface area contributed by atoms with E-state index in [0.29, 0.717) is 11.7 Å². The maximum absolute atomic E-state index is 11.9. The van der Waals surface area contributed by atoms with Gasteiger partial charge >= 0.3 is 6.03 Å². The number of carbonyl (C=O) groups excluding carboxylic acids is 1. The minimum absolute atomic E-state index is 0.240. The second-order valence-electron chi connectivity index (χ2n) is 5.50. The van der Waals surface area contributed by atoms with Crippen LogP contribution in [-0.4, -0.2) is 32.7 Å². The van der Waals surface area contributed by atoms with Crippen LogP contribution in [0.25, 0.3) is 10.2 Å². The second kappa shape index (κ2) is 7.39. The Balaban J connectivity index is 1.47. The van der Waals surface area contributed by atoms with Crippen molar-refractivity contribution in [2.45, 2.75) is 33.1 Å². The molecule has 0 atom stereocenters. The summed E-state index contributed by atoms with van der Waals surface area (Å²) in [6.07, 6.45) is 2.50. The highest BCUT2D eigenvalue weighted by atomic mass is 32.1. The van der Waals surface area contributed by atoms with Gasteiger partial charge in [-0.25, -0.2) is 14.8 Å². The standard InChI is InChI=1S/C16H20N6OS/c1-3-11-6-7-12-13(9-11)24-16(19-12)20-15(23)17-8-4-5-14-18-10(2)21-22-14/h6-7,9H,3-5,8H2,1-2H3,(H,18,21,22)(H2,17,19,20,23). The Kier molecular flexibility index (Phi) is 5.05. The summed E-state index contributed by atoms with van der Waals surface area (Å²) >= 11 is 1.49. The third-order valence-corrected chi connectivity index (χ3v) is 4.52. The number of benzene rings is 1. The van der Waals surface area contributed by atoms with Crippen molar-refractivity contribution < 1.29 is 4.79 Å². The number of hydrogen-bond acceptors (Lipinski definition) is 5. The topological polar surface area (TPSA) is 95.6 Å². The maximum atomic E-state index is 11.9. The van der Waals surface area contributed by atoms with E-state index in [0.717, 1.165) is 41.1 Å². The van der Waals surface area contributed by atoms with Gasteiger partial charge in [0.1, 0.15) is 5.82 Å². The van der Waals surface area contributed by atoms with Crippen molar-refractivity contribution in [3.8, 4) is 0 Å². The minimum Gasteiger partial charge on any atom is -0.338 e. The average Bonchev–Trinajstić information content (AvgIpc) is 3.16. The molecule has 0 radical (unpaired) electrons. The molecule has 0 unspecified atom stereocenters. The summed E-state index contributed by atoms with van der Waals surface area (Å²) in [5.41, 5.74) is 2.18. The molecule has 8 heteroatoms. The zero-order valence-corrected chi connectivity index (χ0v) is 14.5. The number of aryl methyl sites for hydroxylation is 3. The molecule has 0 aliphatic heterocycles.